The Kier molecular flexibility index (Phi) is 7.15. The molecule has 0 aliphatic carbocycles. The highest BCUT2D eigenvalue weighted by Crippen LogP contribution is 2.15. The first kappa shape index (κ1) is 21.0. The number of esters is 1. The van der Waals surface area contributed by atoms with Crippen molar-refractivity contribution in [3.05, 3.63) is 65.7 Å². The molecule has 8 nitrogen and oxygen atoms in total. The van der Waals surface area contributed by atoms with Crippen LogP contribution in [0.3, 0.4) is 0 Å². The number of para-hydroxylation sites is 1. The van der Waals surface area contributed by atoms with E-state index in [1.807, 2.05) is 30.3 Å². The number of carbonyl (C=O) groups excluding carboxylic acids is 4. The Morgan fingerprint density at radius 1 is 1.00 bits per heavy atom. The molecule has 8 heteroatoms. The van der Waals surface area contributed by atoms with Crippen molar-refractivity contribution in [3.8, 4) is 0 Å². The highest BCUT2D eigenvalue weighted by atomic mass is 16.5. The van der Waals surface area contributed by atoms with E-state index in [1.165, 1.54) is 4.90 Å². The molecule has 1 aliphatic rings. The van der Waals surface area contributed by atoms with E-state index in [2.05, 4.69) is 10.6 Å². The van der Waals surface area contributed by atoms with Crippen LogP contribution >= 0.6 is 0 Å². The van der Waals surface area contributed by atoms with E-state index >= 15 is 0 Å². The van der Waals surface area contributed by atoms with Crippen LogP contribution in [0.15, 0.2) is 54.6 Å². The Labute approximate surface area is 174 Å². The van der Waals surface area contributed by atoms with Crippen LogP contribution in [0.1, 0.15) is 28.8 Å². The van der Waals surface area contributed by atoms with E-state index in [9.17, 15) is 19.2 Å². The van der Waals surface area contributed by atoms with Gasteiger partial charge in [0.05, 0.1) is 11.3 Å². The molecule has 156 valence electrons. The third-order valence-electron chi connectivity index (χ3n) is 4.60. The van der Waals surface area contributed by atoms with Gasteiger partial charge in [-0.1, -0.05) is 42.5 Å². The summed E-state index contributed by atoms with van der Waals surface area (Å²) in [5.74, 6) is -1.64. The van der Waals surface area contributed by atoms with Gasteiger partial charge in [0, 0.05) is 19.5 Å². The van der Waals surface area contributed by atoms with Crippen LogP contribution in [0.5, 0.6) is 0 Å². The lowest BCUT2D eigenvalue weighted by Gasteiger charge is -2.15. The molecule has 2 N–H and O–H groups in total. The third kappa shape index (κ3) is 5.91. The lowest BCUT2D eigenvalue weighted by Crippen LogP contribution is -2.33. The van der Waals surface area contributed by atoms with Crippen molar-refractivity contribution in [1.82, 2.24) is 10.2 Å². The number of ether oxygens (including phenoxy) is 1. The van der Waals surface area contributed by atoms with Gasteiger partial charge in [-0.15, -0.1) is 0 Å². The van der Waals surface area contributed by atoms with Crippen molar-refractivity contribution >= 4 is 29.4 Å². The number of carbonyl (C=O) groups is 4. The van der Waals surface area contributed by atoms with E-state index in [0.717, 1.165) is 12.0 Å². The molecule has 0 saturated carbocycles. The summed E-state index contributed by atoms with van der Waals surface area (Å²) in [4.78, 5) is 49.5. The first-order valence-corrected chi connectivity index (χ1v) is 9.67. The molecular weight excluding hydrogens is 386 g/mol. The zero-order valence-electron chi connectivity index (χ0n) is 16.4. The van der Waals surface area contributed by atoms with Crippen molar-refractivity contribution < 1.29 is 23.9 Å². The second kappa shape index (κ2) is 10.2. The van der Waals surface area contributed by atoms with Crippen molar-refractivity contribution in [1.29, 1.82) is 0 Å². The molecule has 3 rings (SSSR count). The first-order valence-electron chi connectivity index (χ1n) is 9.67. The molecule has 0 bridgehead atoms. The van der Waals surface area contributed by atoms with Crippen LogP contribution < -0.4 is 10.6 Å². The van der Waals surface area contributed by atoms with Gasteiger partial charge in [-0.25, -0.2) is 0 Å². The second-order valence-electron chi connectivity index (χ2n) is 6.84. The fourth-order valence-corrected chi connectivity index (χ4v) is 3.07. The summed E-state index contributed by atoms with van der Waals surface area (Å²) in [5, 5.41) is 5.40. The number of likely N-dealkylation sites (tertiary alicyclic amines) is 1. The van der Waals surface area contributed by atoms with Gasteiger partial charge in [-0.05, 0) is 24.1 Å². The fraction of sp³-hybridized carbons (Fsp3) is 0.273. The largest absolute Gasteiger partial charge is 0.454 e. The number of nitrogens with one attached hydrogen (secondary N) is 2. The molecule has 0 aromatic heterocycles. The zero-order valence-corrected chi connectivity index (χ0v) is 16.4. The Bertz CT molecular complexity index is 929. The molecule has 30 heavy (non-hydrogen) atoms. The molecule has 0 atom stereocenters. The van der Waals surface area contributed by atoms with E-state index in [-0.39, 0.29) is 18.4 Å². The monoisotopic (exact) mass is 409 g/mol. The summed E-state index contributed by atoms with van der Waals surface area (Å²) >= 11 is 0. The van der Waals surface area contributed by atoms with E-state index in [1.54, 1.807) is 24.3 Å². The maximum atomic E-state index is 12.5. The molecule has 2 aromatic rings. The molecule has 1 heterocycles. The summed E-state index contributed by atoms with van der Waals surface area (Å²) in [7, 11) is 0. The predicted octanol–water partition coefficient (Wildman–Crippen LogP) is 1.72. The van der Waals surface area contributed by atoms with Gasteiger partial charge >= 0.3 is 5.97 Å². The number of amides is 3. The van der Waals surface area contributed by atoms with Gasteiger partial charge < -0.3 is 20.3 Å². The molecule has 1 fully saturated rings. The number of nitrogens with zero attached hydrogens (tertiary/aromatic N) is 1. The summed E-state index contributed by atoms with van der Waals surface area (Å²) in [6.07, 6.45) is 1.15. The third-order valence-corrected chi connectivity index (χ3v) is 4.60. The van der Waals surface area contributed by atoms with Gasteiger partial charge in [0.2, 0.25) is 5.91 Å². The van der Waals surface area contributed by atoms with Crippen LogP contribution in [0.25, 0.3) is 0 Å². The van der Waals surface area contributed by atoms with Crippen LogP contribution in [-0.2, 0) is 25.7 Å². The van der Waals surface area contributed by atoms with Crippen LogP contribution in [0, 0.1) is 0 Å². The summed E-state index contributed by atoms with van der Waals surface area (Å²) in [6.45, 7) is 0.214. The Morgan fingerprint density at radius 2 is 1.73 bits per heavy atom. The number of benzene rings is 2. The topological polar surface area (TPSA) is 105 Å². The number of hydrogen-bond donors (Lipinski definition) is 2. The Morgan fingerprint density at radius 3 is 2.47 bits per heavy atom. The smallest absolute Gasteiger partial charge is 0.326 e. The summed E-state index contributed by atoms with van der Waals surface area (Å²) in [6, 6.07) is 16.0. The minimum absolute atomic E-state index is 0.0909. The van der Waals surface area contributed by atoms with Crippen molar-refractivity contribution in [2.45, 2.75) is 19.4 Å². The van der Waals surface area contributed by atoms with Gasteiger partial charge in [-0.2, -0.15) is 0 Å². The predicted molar refractivity (Wildman–Crippen MR) is 109 cm³/mol. The summed E-state index contributed by atoms with van der Waals surface area (Å²) in [5.41, 5.74) is 1.57. The maximum absolute atomic E-state index is 12.5. The first-order chi connectivity index (χ1) is 14.5. The van der Waals surface area contributed by atoms with Gasteiger partial charge in [0.25, 0.3) is 11.8 Å². The molecule has 0 unspecified atom stereocenters. The van der Waals surface area contributed by atoms with Crippen LogP contribution in [0.4, 0.5) is 5.69 Å². The Balaban J connectivity index is 1.51. The lowest BCUT2D eigenvalue weighted by atomic mass is 10.1. The SMILES string of the molecule is O=C(COC(=O)CN1CCCC1=O)Nc1ccccc1C(=O)NCc1ccccc1. The van der Waals surface area contributed by atoms with Crippen LogP contribution in [0.2, 0.25) is 0 Å². The molecule has 3 amide bonds. The molecular formula is C22H23N3O5. The standard InChI is InChI=1S/C22H23N3O5/c26-19(15-30-21(28)14-25-12-6-11-20(25)27)24-18-10-5-4-9-17(18)22(29)23-13-16-7-2-1-3-8-16/h1-5,7-10H,6,11-15H2,(H,23,29)(H,24,26). The average molecular weight is 409 g/mol. The lowest BCUT2D eigenvalue weighted by molar-refractivity contribution is -0.150. The quantitative estimate of drug-likeness (QED) is 0.646. The minimum atomic E-state index is -0.644. The molecule has 1 saturated heterocycles. The molecule has 1 aliphatic heterocycles. The van der Waals surface area contributed by atoms with Crippen molar-refractivity contribution in [2.24, 2.45) is 0 Å². The highest BCUT2D eigenvalue weighted by Gasteiger charge is 2.23. The van der Waals surface area contributed by atoms with Gasteiger partial charge in [0.15, 0.2) is 6.61 Å². The minimum Gasteiger partial charge on any atom is -0.454 e. The zero-order chi connectivity index (χ0) is 21.3. The van der Waals surface area contributed by atoms with Crippen molar-refractivity contribution in [3.63, 3.8) is 0 Å². The van der Waals surface area contributed by atoms with Gasteiger partial charge in [0.1, 0.15) is 6.54 Å². The van der Waals surface area contributed by atoms with Crippen LogP contribution in [-0.4, -0.2) is 48.3 Å². The molecule has 0 radical (unpaired) electrons. The molecule has 2 aromatic carbocycles. The normalized spacial score (nSPS) is 13.1. The molecule has 0 spiro atoms. The second-order valence-corrected chi connectivity index (χ2v) is 6.84. The number of rotatable bonds is 8. The maximum Gasteiger partial charge on any atom is 0.326 e. The van der Waals surface area contributed by atoms with E-state index in [0.29, 0.717) is 30.8 Å². The highest BCUT2D eigenvalue weighted by molar-refractivity contribution is 6.04. The van der Waals surface area contributed by atoms with Gasteiger partial charge in [-0.3, -0.25) is 19.2 Å². The fourth-order valence-electron chi connectivity index (χ4n) is 3.07. The average Bonchev–Trinajstić information content (AvgIpc) is 3.16. The number of anilines is 1. The summed E-state index contributed by atoms with van der Waals surface area (Å²) < 4.78 is 4.95. The van der Waals surface area contributed by atoms with E-state index in [4.69, 9.17) is 4.74 Å². The number of hydrogen-bond acceptors (Lipinski definition) is 5. The Hall–Kier alpha value is -3.68. The van der Waals surface area contributed by atoms with Crippen molar-refractivity contribution in [2.75, 3.05) is 25.0 Å². The van der Waals surface area contributed by atoms with E-state index < -0.39 is 18.5 Å².